The van der Waals surface area contributed by atoms with E-state index in [0.29, 0.717) is 25.4 Å². The average molecular weight is 422 g/mol. The standard InChI is InChI=1S/C23H26N4O4/c1-4-27-20-19(22(29)26-23(27)30)16(10-17(25-20)13(2)3)21(28)24-11-14-9-15-7-5-6-8-18(15)31-12-14/h5-8,10,13-14H,4,9,11-12H2,1-3H3,(H,24,28)(H,26,29,30). The zero-order valence-electron chi connectivity index (χ0n) is 17.9. The maximum absolute atomic E-state index is 13.1. The molecule has 0 saturated carbocycles. The minimum atomic E-state index is -0.604. The van der Waals surface area contributed by atoms with Crippen LogP contribution in [-0.2, 0) is 13.0 Å². The Kier molecular flexibility index (Phi) is 5.63. The van der Waals surface area contributed by atoms with Gasteiger partial charge in [-0.25, -0.2) is 9.78 Å². The molecule has 8 heteroatoms. The van der Waals surface area contributed by atoms with Gasteiger partial charge in [-0.2, -0.15) is 0 Å². The molecule has 162 valence electrons. The largest absolute Gasteiger partial charge is 0.493 e. The van der Waals surface area contributed by atoms with Gasteiger partial charge in [0.05, 0.1) is 17.6 Å². The number of fused-ring (bicyclic) bond motifs is 2. The molecule has 8 nitrogen and oxygen atoms in total. The topological polar surface area (TPSA) is 106 Å². The van der Waals surface area contributed by atoms with Crippen molar-refractivity contribution in [2.24, 2.45) is 5.92 Å². The number of aromatic amines is 1. The molecular weight excluding hydrogens is 396 g/mol. The summed E-state index contributed by atoms with van der Waals surface area (Å²) < 4.78 is 7.18. The van der Waals surface area contributed by atoms with Gasteiger partial charge in [0, 0.05) is 24.7 Å². The Balaban J connectivity index is 1.66. The molecule has 1 unspecified atom stereocenters. The first-order valence-electron chi connectivity index (χ1n) is 10.6. The number of carbonyl (C=O) groups excluding carboxylic acids is 1. The number of amides is 1. The number of benzene rings is 1. The number of nitrogens with zero attached hydrogens (tertiary/aromatic N) is 2. The van der Waals surface area contributed by atoms with Crippen LogP contribution in [0.25, 0.3) is 11.0 Å². The van der Waals surface area contributed by atoms with Crippen molar-refractivity contribution in [3.05, 3.63) is 68.0 Å². The first-order valence-corrected chi connectivity index (χ1v) is 10.6. The van der Waals surface area contributed by atoms with Gasteiger partial charge < -0.3 is 10.1 Å². The summed E-state index contributed by atoms with van der Waals surface area (Å²) in [6.07, 6.45) is 0.806. The molecule has 1 amide bonds. The Bertz CT molecular complexity index is 1260. The van der Waals surface area contributed by atoms with E-state index in [9.17, 15) is 14.4 Å². The van der Waals surface area contributed by atoms with Crippen LogP contribution in [0.2, 0.25) is 0 Å². The molecule has 1 aliphatic rings. The van der Waals surface area contributed by atoms with Crippen molar-refractivity contribution >= 4 is 16.9 Å². The first-order chi connectivity index (χ1) is 14.9. The fourth-order valence-corrected chi connectivity index (χ4v) is 3.92. The lowest BCUT2D eigenvalue weighted by molar-refractivity contribution is 0.0940. The van der Waals surface area contributed by atoms with Crippen LogP contribution in [0.5, 0.6) is 5.75 Å². The number of pyridine rings is 1. The van der Waals surface area contributed by atoms with Crippen molar-refractivity contribution in [2.45, 2.75) is 39.7 Å². The van der Waals surface area contributed by atoms with Crippen LogP contribution < -0.4 is 21.3 Å². The van der Waals surface area contributed by atoms with Gasteiger partial charge in [0.1, 0.15) is 5.75 Å². The van der Waals surface area contributed by atoms with Crippen molar-refractivity contribution in [3.8, 4) is 5.75 Å². The summed E-state index contributed by atoms with van der Waals surface area (Å²) in [5.41, 5.74) is 1.11. The minimum absolute atomic E-state index is 0.0268. The van der Waals surface area contributed by atoms with Gasteiger partial charge in [0.25, 0.3) is 11.5 Å². The summed E-state index contributed by atoms with van der Waals surface area (Å²) in [6.45, 7) is 6.97. The Hall–Kier alpha value is -3.42. The molecule has 1 aromatic carbocycles. The van der Waals surface area contributed by atoms with Gasteiger partial charge >= 0.3 is 5.69 Å². The summed E-state index contributed by atoms with van der Waals surface area (Å²) in [5, 5.41) is 3.08. The summed E-state index contributed by atoms with van der Waals surface area (Å²) in [7, 11) is 0. The number of rotatable bonds is 5. The number of nitrogens with one attached hydrogen (secondary N) is 2. The van der Waals surface area contributed by atoms with E-state index in [2.05, 4.69) is 15.3 Å². The molecule has 0 spiro atoms. The molecule has 0 saturated heterocycles. The molecule has 2 aromatic heterocycles. The van der Waals surface area contributed by atoms with E-state index in [1.54, 1.807) is 13.0 Å². The van der Waals surface area contributed by atoms with Crippen LogP contribution in [0.3, 0.4) is 0 Å². The number of para-hydroxylation sites is 1. The normalized spacial score (nSPS) is 15.5. The van der Waals surface area contributed by atoms with E-state index in [-0.39, 0.29) is 34.3 Å². The van der Waals surface area contributed by atoms with Crippen LogP contribution in [0.15, 0.2) is 39.9 Å². The lowest BCUT2D eigenvalue weighted by Crippen LogP contribution is -2.36. The number of hydrogen-bond acceptors (Lipinski definition) is 5. The Morgan fingerprint density at radius 1 is 1.32 bits per heavy atom. The van der Waals surface area contributed by atoms with Gasteiger partial charge in [-0.3, -0.25) is 19.1 Å². The van der Waals surface area contributed by atoms with E-state index < -0.39 is 11.2 Å². The van der Waals surface area contributed by atoms with Gasteiger partial charge in [-0.05, 0) is 37.0 Å². The highest BCUT2D eigenvalue weighted by Crippen LogP contribution is 2.26. The van der Waals surface area contributed by atoms with E-state index >= 15 is 0 Å². The van der Waals surface area contributed by atoms with E-state index in [4.69, 9.17) is 4.74 Å². The molecule has 0 radical (unpaired) electrons. The van der Waals surface area contributed by atoms with Crippen LogP contribution in [0.4, 0.5) is 0 Å². The van der Waals surface area contributed by atoms with Gasteiger partial charge in [-0.1, -0.05) is 32.0 Å². The molecule has 0 aliphatic carbocycles. The molecule has 1 aliphatic heterocycles. The number of carbonyl (C=O) groups is 1. The van der Waals surface area contributed by atoms with Crippen LogP contribution >= 0.6 is 0 Å². The predicted molar refractivity (Wildman–Crippen MR) is 118 cm³/mol. The third kappa shape index (κ3) is 3.97. The first kappa shape index (κ1) is 20.8. The number of H-pyrrole nitrogens is 1. The van der Waals surface area contributed by atoms with Crippen molar-refractivity contribution in [3.63, 3.8) is 0 Å². The Labute approximate surface area is 179 Å². The fourth-order valence-electron chi connectivity index (χ4n) is 3.92. The van der Waals surface area contributed by atoms with E-state index in [0.717, 1.165) is 17.7 Å². The Morgan fingerprint density at radius 3 is 2.84 bits per heavy atom. The smallest absolute Gasteiger partial charge is 0.329 e. The highest BCUT2D eigenvalue weighted by molar-refractivity contribution is 6.05. The second-order valence-electron chi connectivity index (χ2n) is 8.15. The molecule has 3 aromatic rings. The number of hydrogen-bond donors (Lipinski definition) is 2. The second kappa shape index (κ2) is 8.37. The zero-order chi connectivity index (χ0) is 22.1. The molecule has 0 bridgehead atoms. The van der Waals surface area contributed by atoms with Crippen molar-refractivity contribution in [1.29, 1.82) is 0 Å². The minimum Gasteiger partial charge on any atom is -0.493 e. The molecule has 2 N–H and O–H groups in total. The van der Waals surface area contributed by atoms with E-state index in [1.165, 1.54) is 4.57 Å². The molecule has 4 rings (SSSR count). The van der Waals surface area contributed by atoms with Crippen LogP contribution in [0, 0.1) is 5.92 Å². The van der Waals surface area contributed by atoms with Gasteiger partial charge in [-0.15, -0.1) is 0 Å². The number of ether oxygens (including phenoxy) is 1. The molecular formula is C23H26N4O4. The summed E-state index contributed by atoms with van der Waals surface area (Å²) >= 11 is 0. The molecule has 0 fully saturated rings. The van der Waals surface area contributed by atoms with Gasteiger partial charge in [0.15, 0.2) is 5.65 Å². The average Bonchev–Trinajstić information content (AvgIpc) is 2.76. The molecule has 31 heavy (non-hydrogen) atoms. The number of aromatic nitrogens is 3. The molecule has 1 atom stereocenters. The highest BCUT2D eigenvalue weighted by atomic mass is 16.5. The third-order valence-electron chi connectivity index (χ3n) is 5.63. The summed E-state index contributed by atoms with van der Waals surface area (Å²) in [4.78, 5) is 44.8. The highest BCUT2D eigenvalue weighted by Gasteiger charge is 2.23. The lowest BCUT2D eigenvalue weighted by Gasteiger charge is -2.25. The lowest BCUT2D eigenvalue weighted by atomic mass is 9.96. The van der Waals surface area contributed by atoms with Crippen LogP contribution in [0.1, 0.15) is 48.3 Å². The third-order valence-corrected chi connectivity index (χ3v) is 5.63. The monoisotopic (exact) mass is 422 g/mol. The van der Waals surface area contributed by atoms with Gasteiger partial charge in [0.2, 0.25) is 0 Å². The second-order valence-corrected chi connectivity index (χ2v) is 8.15. The SMILES string of the molecule is CCn1c(=O)[nH]c(=O)c2c(C(=O)NCC3COc4ccccc4C3)cc(C(C)C)nc21. The summed E-state index contributed by atoms with van der Waals surface area (Å²) in [6, 6.07) is 9.53. The maximum atomic E-state index is 13.1. The van der Waals surface area contributed by atoms with Crippen LogP contribution in [-0.4, -0.2) is 33.6 Å². The summed E-state index contributed by atoms with van der Waals surface area (Å²) in [5.74, 6) is 0.679. The Morgan fingerprint density at radius 2 is 2.10 bits per heavy atom. The molecule has 3 heterocycles. The fraction of sp³-hybridized carbons (Fsp3) is 0.391. The maximum Gasteiger partial charge on any atom is 0.329 e. The number of aryl methyl sites for hydroxylation is 1. The van der Waals surface area contributed by atoms with E-state index in [1.807, 2.05) is 38.1 Å². The quantitative estimate of drug-likeness (QED) is 0.656. The zero-order valence-corrected chi connectivity index (χ0v) is 17.9. The van der Waals surface area contributed by atoms with Crippen molar-refractivity contribution in [1.82, 2.24) is 19.9 Å². The van der Waals surface area contributed by atoms with Crippen molar-refractivity contribution < 1.29 is 9.53 Å². The predicted octanol–water partition coefficient (Wildman–Crippen LogP) is 2.21. The van der Waals surface area contributed by atoms with Crippen molar-refractivity contribution in [2.75, 3.05) is 13.2 Å².